The number of fused-ring (bicyclic) bond motifs is 8. The summed E-state index contributed by atoms with van der Waals surface area (Å²) in [7, 11) is 0. The van der Waals surface area contributed by atoms with Gasteiger partial charge in [-0.05, 0) is 54.4 Å². The average Bonchev–Trinajstić information content (AvgIpc) is 2.95. The summed E-state index contributed by atoms with van der Waals surface area (Å²) >= 11 is 3.70. The summed E-state index contributed by atoms with van der Waals surface area (Å²) in [6.45, 7) is 0. The molecule has 1 nitrogen and oxygen atoms in total. The minimum atomic E-state index is 0.555. The van der Waals surface area contributed by atoms with Crippen LogP contribution in [0.4, 0.5) is 0 Å². The molecule has 1 aromatic carbocycles. The molecule has 112 valence electrons. The SMILES string of the molecule is BrC1=CCC2C(=C1)c1ccccc1C1CC3CCC=CC3N21. The first-order valence-electron chi connectivity index (χ1n) is 8.43. The second kappa shape index (κ2) is 4.94. The van der Waals surface area contributed by atoms with E-state index in [1.807, 2.05) is 0 Å². The molecular weight excluding hydrogens is 334 g/mol. The number of nitrogens with zero attached hydrogens (tertiary/aromatic N) is 1. The van der Waals surface area contributed by atoms with Crippen molar-refractivity contribution in [2.45, 2.75) is 43.8 Å². The minimum Gasteiger partial charge on any atom is -0.282 e. The predicted octanol–water partition coefficient (Wildman–Crippen LogP) is 5.22. The van der Waals surface area contributed by atoms with Crippen molar-refractivity contribution < 1.29 is 0 Å². The summed E-state index contributed by atoms with van der Waals surface area (Å²) in [5.74, 6) is 0.844. The molecule has 1 aromatic rings. The van der Waals surface area contributed by atoms with E-state index in [1.54, 1.807) is 5.56 Å². The molecule has 4 atom stereocenters. The Morgan fingerprint density at radius 3 is 3.00 bits per heavy atom. The zero-order valence-electron chi connectivity index (χ0n) is 12.6. The van der Waals surface area contributed by atoms with Gasteiger partial charge in [0.25, 0.3) is 0 Å². The molecule has 0 saturated carbocycles. The maximum absolute atomic E-state index is 3.70. The van der Waals surface area contributed by atoms with Crippen molar-refractivity contribution in [2.24, 2.45) is 5.92 Å². The van der Waals surface area contributed by atoms with Gasteiger partial charge in [-0.1, -0.05) is 58.4 Å². The molecule has 1 fully saturated rings. The van der Waals surface area contributed by atoms with Gasteiger partial charge < -0.3 is 0 Å². The quantitative estimate of drug-likeness (QED) is 0.578. The first-order valence-corrected chi connectivity index (χ1v) is 9.23. The van der Waals surface area contributed by atoms with Crippen LogP contribution in [-0.4, -0.2) is 17.0 Å². The van der Waals surface area contributed by atoms with Crippen LogP contribution in [0.2, 0.25) is 0 Å². The molecular formula is C20H20BrN. The third kappa shape index (κ3) is 1.80. The van der Waals surface area contributed by atoms with Crippen molar-refractivity contribution in [1.29, 1.82) is 0 Å². The molecule has 4 unspecified atom stereocenters. The van der Waals surface area contributed by atoms with Crippen LogP contribution in [0.5, 0.6) is 0 Å². The van der Waals surface area contributed by atoms with Crippen LogP contribution in [0.1, 0.15) is 42.9 Å². The number of hydrogen-bond donors (Lipinski definition) is 0. The lowest BCUT2D eigenvalue weighted by atomic mass is 9.81. The second-order valence-corrected chi connectivity index (χ2v) is 7.90. The van der Waals surface area contributed by atoms with Gasteiger partial charge in [-0.2, -0.15) is 0 Å². The number of benzene rings is 1. The Morgan fingerprint density at radius 1 is 1.14 bits per heavy atom. The third-order valence-electron chi connectivity index (χ3n) is 5.93. The van der Waals surface area contributed by atoms with Crippen molar-refractivity contribution in [3.8, 4) is 0 Å². The molecule has 0 N–H and O–H groups in total. The van der Waals surface area contributed by atoms with Crippen molar-refractivity contribution >= 4 is 21.5 Å². The highest BCUT2D eigenvalue weighted by Crippen LogP contribution is 2.53. The Bertz CT molecular complexity index is 714. The summed E-state index contributed by atoms with van der Waals surface area (Å²) < 4.78 is 1.24. The third-order valence-corrected chi connectivity index (χ3v) is 6.48. The Labute approximate surface area is 140 Å². The lowest BCUT2D eigenvalue weighted by molar-refractivity contribution is 0.165. The molecule has 1 saturated heterocycles. The van der Waals surface area contributed by atoms with E-state index in [-0.39, 0.29) is 0 Å². The van der Waals surface area contributed by atoms with Gasteiger partial charge >= 0.3 is 0 Å². The first kappa shape index (κ1) is 13.3. The van der Waals surface area contributed by atoms with Crippen LogP contribution in [0.25, 0.3) is 5.57 Å². The molecule has 2 aliphatic carbocycles. The topological polar surface area (TPSA) is 3.24 Å². The van der Waals surface area contributed by atoms with Crippen LogP contribution >= 0.6 is 15.9 Å². The fourth-order valence-corrected chi connectivity index (χ4v) is 5.48. The van der Waals surface area contributed by atoms with Gasteiger partial charge in [-0.25, -0.2) is 0 Å². The number of rotatable bonds is 0. The first-order chi connectivity index (χ1) is 10.8. The molecule has 0 aromatic heterocycles. The fraction of sp³-hybridized carbons (Fsp3) is 0.400. The highest BCUT2D eigenvalue weighted by Gasteiger charge is 2.48. The molecule has 4 aliphatic rings. The van der Waals surface area contributed by atoms with E-state index in [9.17, 15) is 0 Å². The van der Waals surface area contributed by atoms with Crippen LogP contribution in [0, 0.1) is 5.92 Å². The van der Waals surface area contributed by atoms with E-state index in [2.05, 4.69) is 69.4 Å². The van der Waals surface area contributed by atoms with Crippen molar-refractivity contribution in [1.82, 2.24) is 4.90 Å². The molecule has 5 rings (SSSR count). The van der Waals surface area contributed by atoms with Crippen LogP contribution < -0.4 is 0 Å². The summed E-state index contributed by atoms with van der Waals surface area (Å²) in [6, 6.07) is 10.9. The standard InChI is InChI=1S/C20H20BrN/c21-14-9-10-19-17(12-14)15-6-2-3-7-16(15)20-11-13-5-1-4-8-18(13)22(19)20/h2-4,6-9,12-13,18-20H,1,5,10-11H2. The number of hydrogen-bond acceptors (Lipinski definition) is 1. The average molecular weight is 354 g/mol. The summed E-state index contributed by atoms with van der Waals surface area (Å²) in [6.07, 6.45) is 14.7. The maximum atomic E-state index is 3.70. The lowest BCUT2D eigenvalue weighted by Crippen LogP contribution is -2.45. The van der Waals surface area contributed by atoms with Crippen LogP contribution in [0.3, 0.4) is 0 Å². The molecule has 2 aliphatic heterocycles. The maximum Gasteiger partial charge on any atom is 0.0401 e. The highest BCUT2D eigenvalue weighted by atomic mass is 79.9. The van der Waals surface area contributed by atoms with Gasteiger partial charge in [0, 0.05) is 22.6 Å². The number of halogens is 1. The smallest absolute Gasteiger partial charge is 0.0401 e. The van der Waals surface area contributed by atoms with E-state index < -0.39 is 0 Å². The van der Waals surface area contributed by atoms with Gasteiger partial charge in [-0.3, -0.25) is 4.90 Å². The van der Waals surface area contributed by atoms with Crippen LogP contribution in [-0.2, 0) is 0 Å². The largest absolute Gasteiger partial charge is 0.282 e. The molecule has 0 spiro atoms. The summed E-state index contributed by atoms with van der Waals surface area (Å²) in [4.78, 5) is 2.82. The molecule has 2 heteroatoms. The van der Waals surface area contributed by atoms with Crippen molar-refractivity contribution in [3.63, 3.8) is 0 Å². The summed E-state index contributed by atoms with van der Waals surface area (Å²) in [5, 5.41) is 0. The van der Waals surface area contributed by atoms with Gasteiger partial charge in [0.15, 0.2) is 0 Å². The highest BCUT2D eigenvalue weighted by molar-refractivity contribution is 9.11. The predicted molar refractivity (Wildman–Crippen MR) is 94.7 cm³/mol. The van der Waals surface area contributed by atoms with Gasteiger partial charge in [0.2, 0.25) is 0 Å². The Hall–Kier alpha value is -1.12. The van der Waals surface area contributed by atoms with E-state index in [0.717, 1.165) is 12.3 Å². The van der Waals surface area contributed by atoms with E-state index in [1.165, 1.54) is 34.9 Å². The normalized spacial score (nSPS) is 35.9. The second-order valence-electron chi connectivity index (χ2n) is 6.98. The van der Waals surface area contributed by atoms with Crippen molar-refractivity contribution in [2.75, 3.05) is 0 Å². The Kier molecular flexibility index (Phi) is 2.99. The fourth-order valence-electron chi connectivity index (χ4n) is 5.05. The minimum absolute atomic E-state index is 0.555. The van der Waals surface area contributed by atoms with Gasteiger partial charge in [-0.15, -0.1) is 0 Å². The zero-order valence-corrected chi connectivity index (χ0v) is 14.2. The number of allylic oxidation sites excluding steroid dienone is 3. The summed E-state index contributed by atoms with van der Waals surface area (Å²) in [5.41, 5.74) is 4.55. The van der Waals surface area contributed by atoms with Crippen LogP contribution in [0.15, 0.2) is 53.1 Å². The van der Waals surface area contributed by atoms with E-state index in [4.69, 9.17) is 0 Å². The lowest BCUT2D eigenvalue weighted by Gasteiger charge is -2.44. The molecule has 2 heterocycles. The molecule has 0 bridgehead atoms. The van der Waals surface area contributed by atoms with E-state index >= 15 is 0 Å². The Morgan fingerprint density at radius 2 is 2.05 bits per heavy atom. The van der Waals surface area contributed by atoms with Gasteiger partial charge in [0.05, 0.1) is 0 Å². The van der Waals surface area contributed by atoms with Gasteiger partial charge in [0.1, 0.15) is 0 Å². The molecule has 0 amide bonds. The monoisotopic (exact) mass is 353 g/mol. The molecule has 22 heavy (non-hydrogen) atoms. The molecule has 0 radical (unpaired) electrons. The Balaban J connectivity index is 1.70. The van der Waals surface area contributed by atoms with Crippen molar-refractivity contribution in [3.05, 3.63) is 64.2 Å². The zero-order chi connectivity index (χ0) is 14.7. The van der Waals surface area contributed by atoms with E-state index in [0.29, 0.717) is 18.1 Å².